The summed E-state index contributed by atoms with van der Waals surface area (Å²) in [6.45, 7) is 0. The molecule has 0 N–H and O–H groups in total. The predicted molar refractivity (Wildman–Crippen MR) is 71.8 cm³/mol. The summed E-state index contributed by atoms with van der Waals surface area (Å²) in [5.41, 5.74) is -0.453. The molecule has 0 unspecified atom stereocenters. The Bertz CT molecular complexity index is 792. The van der Waals surface area contributed by atoms with Crippen molar-refractivity contribution in [1.29, 1.82) is 0 Å². The molecule has 21 heavy (non-hydrogen) atoms. The first kappa shape index (κ1) is 14.1. The van der Waals surface area contributed by atoms with Crippen LogP contribution in [0.4, 0.5) is 13.2 Å². The minimum Gasteiger partial charge on any atom is -0.296 e. The Morgan fingerprint density at radius 3 is 2.76 bits per heavy atom. The van der Waals surface area contributed by atoms with Crippen molar-refractivity contribution < 1.29 is 18.0 Å². The van der Waals surface area contributed by atoms with Crippen LogP contribution in [0.2, 0.25) is 0 Å². The zero-order chi connectivity index (χ0) is 15.0. The number of rotatable bonds is 3. The number of aldehydes is 1. The summed E-state index contributed by atoms with van der Waals surface area (Å²) < 4.78 is 39.0. The highest BCUT2D eigenvalue weighted by molar-refractivity contribution is 7.99. The van der Waals surface area contributed by atoms with Gasteiger partial charge in [0.2, 0.25) is 0 Å². The lowest BCUT2D eigenvalue weighted by molar-refractivity contribution is -0.137. The number of imidazole rings is 1. The van der Waals surface area contributed by atoms with Gasteiger partial charge in [-0.1, -0.05) is 0 Å². The van der Waals surface area contributed by atoms with Gasteiger partial charge in [-0.3, -0.25) is 9.20 Å². The number of hydrogen-bond acceptors (Lipinski definition) is 5. The fourth-order valence-electron chi connectivity index (χ4n) is 1.67. The summed E-state index contributed by atoms with van der Waals surface area (Å²) in [7, 11) is 0. The number of thiazole rings is 1. The van der Waals surface area contributed by atoms with E-state index in [4.69, 9.17) is 0 Å². The predicted octanol–water partition coefficient (Wildman–Crippen LogP) is 3.77. The monoisotopic (exact) mass is 329 g/mol. The second-order valence-electron chi connectivity index (χ2n) is 3.96. The molecule has 3 heterocycles. The minimum absolute atomic E-state index is 0.344. The first-order chi connectivity index (χ1) is 9.99. The minimum atomic E-state index is -4.42. The summed E-state index contributed by atoms with van der Waals surface area (Å²) in [5.74, 6) is 0. The van der Waals surface area contributed by atoms with Gasteiger partial charge >= 0.3 is 6.18 Å². The van der Waals surface area contributed by atoms with Crippen molar-refractivity contribution in [2.75, 3.05) is 0 Å². The molecule has 0 amide bonds. The van der Waals surface area contributed by atoms with Gasteiger partial charge in [0.1, 0.15) is 15.7 Å². The lowest BCUT2D eigenvalue weighted by Gasteiger charge is -2.06. The number of carbonyl (C=O) groups is 1. The summed E-state index contributed by atoms with van der Waals surface area (Å²) in [5, 5.41) is 2.56. The Morgan fingerprint density at radius 1 is 1.33 bits per heavy atom. The van der Waals surface area contributed by atoms with Gasteiger partial charge in [0, 0.05) is 17.8 Å². The first-order valence-electron chi connectivity index (χ1n) is 5.61. The third-order valence-electron chi connectivity index (χ3n) is 2.64. The molecule has 9 heteroatoms. The molecule has 0 fully saturated rings. The number of nitrogens with zero attached hydrogens (tertiary/aromatic N) is 3. The van der Waals surface area contributed by atoms with Crippen molar-refractivity contribution in [2.45, 2.75) is 16.2 Å². The van der Waals surface area contributed by atoms with Crippen molar-refractivity contribution in [2.24, 2.45) is 0 Å². The zero-order valence-corrected chi connectivity index (χ0v) is 11.8. The SMILES string of the molecule is O=Cc1c(Sc2ccc(C(F)(F)F)cn2)nc2sccn12. The van der Waals surface area contributed by atoms with Crippen LogP contribution < -0.4 is 0 Å². The fraction of sp³-hybridized carbons (Fsp3) is 0.0833. The number of hydrogen-bond donors (Lipinski definition) is 0. The van der Waals surface area contributed by atoms with Crippen LogP contribution in [-0.2, 0) is 6.18 Å². The first-order valence-corrected chi connectivity index (χ1v) is 7.30. The van der Waals surface area contributed by atoms with Gasteiger partial charge in [0.25, 0.3) is 0 Å². The summed E-state index contributed by atoms with van der Waals surface area (Å²) in [6.07, 6.45) is -1.28. The number of alkyl halides is 3. The molecule has 0 saturated carbocycles. The maximum Gasteiger partial charge on any atom is 0.417 e. The topological polar surface area (TPSA) is 47.3 Å². The second-order valence-corrected chi connectivity index (χ2v) is 5.84. The molecule has 4 nitrogen and oxygen atoms in total. The Labute approximate surface area is 124 Å². The second kappa shape index (κ2) is 5.15. The lowest BCUT2D eigenvalue weighted by atomic mass is 10.3. The van der Waals surface area contributed by atoms with Crippen molar-refractivity contribution in [3.8, 4) is 0 Å². The number of aromatic nitrogens is 3. The molecule has 0 aliphatic carbocycles. The third-order valence-corrected chi connectivity index (χ3v) is 4.34. The highest BCUT2D eigenvalue weighted by Crippen LogP contribution is 2.32. The molecular weight excluding hydrogens is 323 g/mol. The van der Waals surface area contributed by atoms with E-state index in [0.717, 1.165) is 24.0 Å². The highest BCUT2D eigenvalue weighted by Gasteiger charge is 2.30. The van der Waals surface area contributed by atoms with Gasteiger partial charge in [-0.2, -0.15) is 13.2 Å². The van der Waals surface area contributed by atoms with Gasteiger partial charge in [0.15, 0.2) is 11.2 Å². The highest BCUT2D eigenvalue weighted by atomic mass is 32.2. The lowest BCUT2D eigenvalue weighted by Crippen LogP contribution is -2.05. The molecule has 0 aromatic carbocycles. The van der Waals surface area contributed by atoms with Gasteiger partial charge in [0.05, 0.1) is 5.56 Å². The molecule has 0 aliphatic heterocycles. The van der Waals surface area contributed by atoms with Crippen LogP contribution in [0.3, 0.4) is 0 Å². The van der Waals surface area contributed by atoms with Crippen molar-refractivity contribution in [3.05, 3.63) is 41.2 Å². The molecular formula is C12H6F3N3OS2. The summed E-state index contributed by atoms with van der Waals surface area (Å²) in [4.78, 5) is 19.8. The maximum absolute atomic E-state index is 12.5. The van der Waals surface area contributed by atoms with E-state index in [1.807, 2.05) is 0 Å². The Balaban J connectivity index is 1.91. The van der Waals surface area contributed by atoms with E-state index in [9.17, 15) is 18.0 Å². The van der Waals surface area contributed by atoms with Gasteiger partial charge in [-0.15, -0.1) is 11.3 Å². The molecule has 3 aromatic rings. The van der Waals surface area contributed by atoms with Crippen LogP contribution in [0.5, 0.6) is 0 Å². The van der Waals surface area contributed by atoms with Gasteiger partial charge in [-0.25, -0.2) is 9.97 Å². The van der Waals surface area contributed by atoms with Crippen LogP contribution in [0.1, 0.15) is 16.1 Å². The van der Waals surface area contributed by atoms with Gasteiger partial charge in [-0.05, 0) is 23.9 Å². The third kappa shape index (κ3) is 2.66. The molecule has 0 bridgehead atoms. The van der Waals surface area contributed by atoms with Crippen LogP contribution in [0.25, 0.3) is 4.96 Å². The number of fused-ring (bicyclic) bond motifs is 1. The molecule has 0 aliphatic rings. The van der Waals surface area contributed by atoms with Crippen LogP contribution in [0, 0.1) is 0 Å². The van der Waals surface area contributed by atoms with Crippen molar-refractivity contribution in [1.82, 2.24) is 14.4 Å². The largest absolute Gasteiger partial charge is 0.417 e. The quantitative estimate of drug-likeness (QED) is 0.686. The number of carbonyl (C=O) groups excluding carboxylic acids is 1. The smallest absolute Gasteiger partial charge is 0.296 e. The fourth-order valence-corrected chi connectivity index (χ4v) is 3.27. The van der Waals surface area contributed by atoms with E-state index < -0.39 is 11.7 Å². The molecule has 0 saturated heterocycles. The summed E-state index contributed by atoms with van der Waals surface area (Å²) in [6, 6.07) is 2.21. The van der Waals surface area contributed by atoms with Crippen LogP contribution >= 0.6 is 23.1 Å². The molecule has 3 aromatic heterocycles. The van der Waals surface area contributed by atoms with E-state index in [1.54, 1.807) is 16.0 Å². The Morgan fingerprint density at radius 2 is 2.14 bits per heavy atom. The Kier molecular flexibility index (Phi) is 3.46. The Hall–Kier alpha value is -1.87. The van der Waals surface area contributed by atoms with E-state index in [-0.39, 0.29) is 0 Å². The van der Waals surface area contributed by atoms with E-state index in [2.05, 4.69) is 9.97 Å². The zero-order valence-electron chi connectivity index (χ0n) is 10.2. The summed E-state index contributed by atoms with van der Waals surface area (Å²) >= 11 is 2.42. The molecule has 0 radical (unpaired) electrons. The van der Waals surface area contributed by atoms with Crippen molar-refractivity contribution >= 4 is 34.3 Å². The van der Waals surface area contributed by atoms with Gasteiger partial charge < -0.3 is 0 Å². The molecule has 0 atom stereocenters. The van der Waals surface area contributed by atoms with E-state index >= 15 is 0 Å². The molecule has 3 rings (SSSR count). The van der Waals surface area contributed by atoms with Crippen LogP contribution in [-0.4, -0.2) is 20.7 Å². The molecule has 0 spiro atoms. The number of halogens is 3. The van der Waals surface area contributed by atoms with Crippen molar-refractivity contribution in [3.63, 3.8) is 0 Å². The number of pyridine rings is 1. The standard InChI is InChI=1S/C12H6F3N3OS2/c13-12(14,15)7-1-2-9(16-5-7)21-10-8(6-19)18-3-4-20-11(18)17-10/h1-6H. The normalized spacial score (nSPS) is 12.0. The average molecular weight is 329 g/mol. The average Bonchev–Trinajstić information content (AvgIpc) is 2.98. The van der Waals surface area contributed by atoms with E-state index in [0.29, 0.717) is 27.0 Å². The van der Waals surface area contributed by atoms with E-state index in [1.165, 1.54) is 17.4 Å². The molecule has 108 valence electrons. The maximum atomic E-state index is 12.5. The van der Waals surface area contributed by atoms with Crippen LogP contribution in [0.15, 0.2) is 40.0 Å².